The molecule has 0 spiro atoms. The van der Waals surface area contributed by atoms with E-state index < -0.39 is 0 Å². The van der Waals surface area contributed by atoms with Crippen molar-refractivity contribution in [3.05, 3.63) is 11.6 Å². The van der Waals surface area contributed by atoms with E-state index in [0.29, 0.717) is 11.6 Å². The number of piperidine rings is 1. The molecule has 0 saturated carbocycles. The van der Waals surface area contributed by atoms with Crippen LogP contribution in [-0.4, -0.2) is 48.2 Å². The fourth-order valence-electron chi connectivity index (χ4n) is 3.24. The van der Waals surface area contributed by atoms with Crippen molar-refractivity contribution in [3.8, 4) is 0 Å². The van der Waals surface area contributed by atoms with E-state index in [9.17, 15) is 9.59 Å². The monoisotopic (exact) mass is 309 g/mol. The molecule has 0 aromatic carbocycles. The van der Waals surface area contributed by atoms with E-state index >= 15 is 0 Å². The van der Waals surface area contributed by atoms with E-state index in [1.165, 1.54) is 0 Å². The summed E-state index contributed by atoms with van der Waals surface area (Å²) in [6.07, 6.45) is 3.96. The molecule has 2 aliphatic heterocycles. The minimum absolute atomic E-state index is 0.0867. The summed E-state index contributed by atoms with van der Waals surface area (Å²) < 4.78 is 11.2. The van der Waals surface area contributed by atoms with Crippen LogP contribution in [0.2, 0.25) is 0 Å². The maximum Gasteiger partial charge on any atom is 0.333 e. The van der Waals surface area contributed by atoms with E-state index in [2.05, 4.69) is 11.9 Å². The first kappa shape index (κ1) is 17.0. The number of allylic oxidation sites excluding steroid dienone is 1. The van der Waals surface area contributed by atoms with Gasteiger partial charge in [0.1, 0.15) is 12.2 Å². The molecule has 2 rings (SSSR count). The molecule has 2 aliphatic rings. The van der Waals surface area contributed by atoms with Gasteiger partial charge in [-0.2, -0.15) is 0 Å². The molecule has 0 radical (unpaired) electrons. The number of fused-ring (bicyclic) bond motifs is 2. The number of hydrogen-bond donors (Lipinski definition) is 0. The zero-order valence-electron chi connectivity index (χ0n) is 14.2. The van der Waals surface area contributed by atoms with Crippen LogP contribution in [0.5, 0.6) is 0 Å². The van der Waals surface area contributed by atoms with Crippen LogP contribution >= 0.6 is 0 Å². The summed E-state index contributed by atoms with van der Waals surface area (Å²) in [6.45, 7) is 7.28. The third-order valence-corrected chi connectivity index (χ3v) is 4.84. The van der Waals surface area contributed by atoms with E-state index in [-0.39, 0.29) is 36.1 Å². The highest BCUT2D eigenvalue weighted by Crippen LogP contribution is 2.37. The Kier molecular flexibility index (Phi) is 5.27. The first-order valence-corrected chi connectivity index (χ1v) is 8.09. The third-order valence-electron chi connectivity index (χ3n) is 4.84. The summed E-state index contributed by atoms with van der Waals surface area (Å²) >= 11 is 0. The Balaban J connectivity index is 1.98. The molecule has 0 aliphatic carbocycles. The van der Waals surface area contributed by atoms with Gasteiger partial charge in [0.2, 0.25) is 0 Å². The molecule has 0 aromatic heterocycles. The van der Waals surface area contributed by atoms with Gasteiger partial charge in [0, 0.05) is 30.9 Å². The van der Waals surface area contributed by atoms with Crippen LogP contribution in [0.4, 0.5) is 0 Å². The lowest BCUT2D eigenvalue weighted by Crippen LogP contribution is -2.46. The molecule has 0 amide bonds. The van der Waals surface area contributed by atoms with Crippen molar-refractivity contribution in [2.24, 2.45) is 5.92 Å². The number of carbonyl (C=O) groups excluding carboxylic acids is 2. The number of likely N-dealkylation sites (N-methyl/N-ethyl adjacent to an activating group) is 1. The van der Waals surface area contributed by atoms with Crippen LogP contribution in [0.25, 0.3) is 0 Å². The Morgan fingerprint density at radius 2 is 1.86 bits per heavy atom. The first-order valence-electron chi connectivity index (χ1n) is 8.09. The Bertz CT molecular complexity index is 471. The average Bonchev–Trinajstić information content (AvgIpc) is 2.65. The molecule has 0 aromatic rings. The summed E-state index contributed by atoms with van der Waals surface area (Å²) in [7, 11) is 2.06. The molecule has 2 heterocycles. The van der Waals surface area contributed by atoms with Crippen molar-refractivity contribution in [2.75, 3.05) is 7.05 Å². The lowest BCUT2D eigenvalue weighted by molar-refractivity contribution is -0.156. The average molecular weight is 309 g/mol. The number of hydrogen-bond acceptors (Lipinski definition) is 5. The molecule has 4 unspecified atom stereocenters. The lowest BCUT2D eigenvalue weighted by atomic mass is 10.00. The fraction of sp³-hybridized carbons (Fsp3) is 0.765. The van der Waals surface area contributed by atoms with Crippen LogP contribution in [0, 0.1) is 5.92 Å². The Hall–Kier alpha value is -1.36. The second kappa shape index (κ2) is 6.82. The second-order valence-electron chi connectivity index (χ2n) is 6.72. The van der Waals surface area contributed by atoms with E-state index in [4.69, 9.17) is 9.47 Å². The van der Waals surface area contributed by atoms with Crippen LogP contribution < -0.4 is 0 Å². The van der Waals surface area contributed by atoms with Crippen molar-refractivity contribution in [2.45, 2.75) is 71.2 Å². The molecule has 124 valence electrons. The summed E-state index contributed by atoms with van der Waals surface area (Å²) in [4.78, 5) is 26.0. The Labute approximate surface area is 132 Å². The Morgan fingerprint density at radius 1 is 1.18 bits per heavy atom. The molecule has 22 heavy (non-hydrogen) atoms. The summed E-state index contributed by atoms with van der Waals surface area (Å²) in [5.74, 6) is -0.506. The highest BCUT2D eigenvalue weighted by molar-refractivity contribution is 5.87. The van der Waals surface area contributed by atoms with Gasteiger partial charge in [0.25, 0.3) is 0 Å². The van der Waals surface area contributed by atoms with Gasteiger partial charge in [0.15, 0.2) is 0 Å². The molecule has 2 saturated heterocycles. The van der Waals surface area contributed by atoms with Crippen LogP contribution in [0.3, 0.4) is 0 Å². The minimum atomic E-state index is -0.243. The number of nitrogens with zero attached hydrogens (tertiary/aromatic N) is 1. The maximum absolute atomic E-state index is 11.9. The Morgan fingerprint density at radius 3 is 2.45 bits per heavy atom. The zero-order valence-corrected chi connectivity index (χ0v) is 14.2. The summed E-state index contributed by atoms with van der Waals surface area (Å²) in [6, 6.07) is 0.456. The number of esters is 2. The van der Waals surface area contributed by atoms with Gasteiger partial charge in [-0.1, -0.05) is 19.9 Å². The molecule has 5 heteroatoms. The van der Waals surface area contributed by atoms with Gasteiger partial charge in [-0.15, -0.1) is 0 Å². The van der Waals surface area contributed by atoms with Crippen molar-refractivity contribution in [3.63, 3.8) is 0 Å². The van der Waals surface area contributed by atoms with Gasteiger partial charge >= 0.3 is 11.9 Å². The van der Waals surface area contributed by atoms with Gasteiger partial charge in [0.05, 0.1) is 12.0 Å². The normalized spacial score (nSPS) is 32.2. The highest BCUT2D eigenvalue weighted by atomic mass is 16.6. The largest absolute Gasteiger partial charge is 0.460 e. The molecule has 5 nitrogen and oxygen atoms in total. The van der Waals surface area contributed by atoms with Gasteiger partial charge in [-0.25, -0.2) is 4.79 Å². The van der Waals surface area contributed by atoms with Gasteiger partial charge < -0.3 is 9.47 Å². The molecular formula is C17H27NO4. The van der Waals surface area contributed by atoms with Crippen molar-refractivity contribution < 1.29 is 19.1 Å². The van der Waals surface area contributed by atoms with Crippen molar-refractivity contribution in [1.82, 2.24) is 4.90 Å². The second-order valence-corrected chi connectivity index (χ2v) is 6.72. The SMILES string of the molecule is CC=C(C)C(=O)OC1CC2CC(OC(=O)C(C)C)C(C1)N2C. The first-order chi connectivity index (χ1) is 10.3. The fourth-order valence-corrected chi connectivity index (χ4v) is 3.24. The molecule has 0 N–H and O–H groups in total. The topological polar surface area (TPSA) is 55.8 Å². The minimum Gasteiger partial charge on any atom is -0.460 e. The molecule has 2 bridgehead atoms. The summed E-state index contributed by atoms with van der Waals surface area (Å²) in [5, 5.41) is 0. The molecular weight excluding hydrogens is 282 g/mol. The van der Waals surface area contributed by atoms with Crippen LogP contribution in [0.1, 0.15) is 47.0 Å². The van der Waals surface area contributed by atoms with Gasteiger partial charge in [-0.05, 0) is 20.9 Å². The van der Waals surface area contributed by atoms with Crippen LogP contribution in [-0.2, 0) is 19.1 Å². The third kappa shape index (κ3) is 3.51. The van der Waals surface area contributed by atoms with Crippen molar-refractivity contribution >= 4 is 11.9 Å². The standard InChI is InChI=1S/C17H27NO4/c1-6-11(4)17(20)21-13-7-12-8-15(14(9-13)18(12)5)22-16(19)10(2)3/h6,10,12-15H,7-9H2,1-5H3. The quantitative estimate of drug-likeness (QED) is 0.589. The van der Waals surface area contributed by atoms with E-state index in [1.54, 1.807) is 13.0 Å². The van der Waals surface area contributed by atoms with Crippen molar-refractivity contribution in [1.29, 1.82) is 0 Å². The lowest BCUT2D eigenvalue weighted by Gasteiger charge is -2.36. The van der Waals surface area contributed by atoms with E-state index in [1.807, 2.05) is 20.8 Å². The smallest absolute Gasteiger partial charge is 0.333 e. The predicted octanol–water partition coefficient (Wildman–Crippen LogP) is 2.30. The highest BCUT2D eigenvalue weighted by Gasteiger charge is 2.47. The maximum atomic E-state index is 11.9. The predicted molar refractivity (Wildman–Crippen MR) is 83.2 cm³/mol. The molecule has 2 fully saturated rings. The van der Waals surface area contributed by atoms with Gasteiger partial charge in [-0.3, -0.25) is 9.69 Å². The van der Waals surface area contributed by atoms with Crippen LogP contribution in [0.15, 0.2) is 11.6 Å². The number of rotatable bonds is 4. The number of carbonyl (C=O) groups is 2. The molecule has 4 atom stereocenters. The number of ether oxygens (including phenoxy) is 2. The van der Waals surface area contributed by atoms with E-state index in [0.717, 1.165) is 19.3 Å². The zero-order chi connectivity index (χ0) is 16.4. The summed E-state index contributed by atoms with van der Waals surface area (Å²) in [5.41, 5.74) is 0.633.